The lowest BCUT2D eigenvalue weighted by Crippen LogP contribution is -2.28. The SMILES string of the molecule is CC(C)c1ccccc1NC(=O)CC(=O)NCc1ccc2c(c1)OCO2. The second-order valence-corrected chi connectivity index (χ2v) is 6.43. The zero-order chi connectivity index (χ0) is 18.5. The highest BCUT2D eigenvalue weighted by atomic mass is 16.7. The number of carbonyl (C=O) groups is 2. The van der Waals surface area contributed by atoms with Crippen molar-refractivity contribution in [1.29, 1.82) is 0 Å². The first kappa shape index (κ1) is 17.8. The van der Waals surface area contributed by atoms with E-state index in [1.807, 2.05) is 36.4 Å². The maximum absolute atomic E-state index is 12.2. The number of para-hydroxylation sites is 1. The minimum Gasteiger partial charge on any atom is -0.454 e. The van der Waals surface area contributed by atoms with Crippen LogP contribution >= 0.6 is 0 Å². The van der Waals surface area contributed by atoms with Crippen LogP contribution in [0.3, 0.4) is 0 Å². The summed E-state index contributed by atoms with van der Waals surface area (Å²) in [6.07, 6.45) is -0.225. The first-order valence-electron chi connectivity index (χ1n) is 8.57. The highest BCUT2D eigenvalue weighted by molar-refractivity contribution is 6.03. The van der Waals surface area contributed by atoms with E-state index in [1.54, 1.807) is 6.07 Å². The zero-order valence-electron chi connectivity index (χ0n) is 14.9. The van der Waals surface area contributed by atoms with Crippen molar-refractivity contribution in [1.82, 2.24) is 5.32 Å². The number of carbonyl (C=O) groups excluding carboxylic acids is 2. The molecule has 0 saturated heterocycles. The lowest BCUT2D eigenvalue weighted by Gasteiger charge is -2.13. The minimum atomic E-state index is -0.332. The fourth-order valence-electron chi connectivity index (χ4n) is 2.77. The Kier molecular flexibility index (Phi) is 5.41. The van der Waals surface area contributed by atoms with Gasteiger partial charge in [-0.05, 0) is 35.2 Å². The van der Waals surface area contributed by atoms with Crippen molar-refractivity contribution in [3.8, 4) is 11.5 Å². The molecule has 1 aliphatic heterocycles. The summed E-state index contributed by atoms with van der Waals surface area (Å²) in [5.41, 5.74) is 2.67. The lowest BCUT2D eigenvalue weighted by molar-refractivity contribution is -0.126. The molecule has 1 heterocycles. The van der Waals surface area contributed by atoms with Gasteiger partial charge in [0.15, 0.2) is 11.5 Å². The average molecular weight is 354 g/mol. The molecule has 26 heavy (non-hydrogen) atoms. The molecule has 6 nitrogen and oxygen atoms in total. The van der Waals surface area contributed by atoms with E-state index in [9.17, 15) is 9.59 Å². The molecular weight excluding hydrogens is 332 g/mol. The molecule has 0 radical (unpaired) electrons. The van der Waals surface area contributed by atoms with E-state index in [0.717, 1.165) is 16.8 Å². The van der Waals surface area contributed by atoms with Crippen LogP contribution in [-0.4, -0.2) is 18.6 Å². The standard InChI is InChI=1S/C20H22N2O4/c1-13(2)15-5-3-4-6-16(15)22-20(24)10-19(23)21-11-14-7-8-17-18(9-14)26-12-25-17/h3-9,13H,10-12H2,1-2H3,(H,21,23)(H,22,24). The highest BCUT2D eigenvalue weighted by Gasteiger charge is 2.15. The van der Waals surface area contributed by atoms with Crippen LogP contribution in [0.4, 0.5) is 5.69 Å². The van der Waals surface area contributed by atoms with Gasteiger partial charge in [0.2, 0.25) is 18.6 Å². The third-order valence-corrected chi connectivity index (χ3v) is 4.10. The van der Waals surface area contributed by atoms with E-state index in [0.29, 0.717) is 18.0 Å². The van der Waals surface area contributed by atoms with Crippen LogP contribution in [0.1, 0.15) is 37.3 Å². The third-order valence-electron chi connectivity index (χ3n) is 4.10. The Balaban J connectivity index is 1.51. The molecule has 1 aliphatic rings. The van der Waals surface area contributed by atoms with Crippen molar-refractivity contribution in [2.24, 2.45) is 0 Å². The van der Waals surface area contributed by atoms with Gasteiger partial charge in [0.25, 0.3) is 0 Å². The van der Waals surface area contributed by atoms with Gasteiger partial charge >= 0.3 is 0 Å². The first-order chi connectivity index (χ1) is 12.5. The van der Waals surface area contributed by atoms with Gasteiger partial charge in [-0.25, -0.2) is 0 Å². The summed E-state index contributed by atoms with van der Waals surface area (Å²) in [6.45, 7) is 4.65. The van der Waals surface area contributed by atoms with Gasteiger partial charge < -0.3 is 20.1 Å². The Morgan fingerprint density at radius 2 is 1.81 bits per heavy atom. The summed E-state index contributed by atoms with van der Waals surface area (Å²) in [7, 11) is 0. The Labute approximate surface area is 152 Å². The van der Waals surface area contributed by atoms with Crippen molar-refractivity contribution < 1.29 is 19.1 Å². The molecule has 0 aliphatic carbocycles. The fraction of sp³-hybridized carbons (Fsp3) is 0.300. The Morgan fingerprint density at radius 3 is 2.62 bits per heavy atom. The van der Waals surface area contributed by atoms with Crippen LogP contribution < -0.4 is 20.1 Å². The molecule has 6 heteroatoms. The van der Waals surface area contributed by atoms with Crippen molar-refractivity contribution in [2.75, 3.05) is 12.1 Å². The number of benzene rings is 2. The van der Waals surface area contributed by atoms with E-state index >= 15 is 0 Å². The van der Waals surface area contributed by atoms with Crippen molar-refractivity contribution in [2.45, 2.75) is 32.7 Å². The van der Waals surface area contributed by atoms with E-state index in [1.165, 1.54) is 0 Å². The number of hydrogen-bond acceptors (Lipinski definition) is 4. The summed E-state index contributed by atoms with van der Waals surface area (Å²) in [5.74, 6) is 0.984. The molecule has 0 aromatic heterocycles. The zero-order valence-corrected chi connectivity index (χ0v) is 14.9. The smallest absolute Gasteiger partial charge is 0.233 e. The quantitative estimate of drug-likeness (QED) is 0.781. The fourth-order valence-corrected chi connectivity index (χ4v) is 2.77. The molecule has 0 bridgehead atoms. The van der Waals surface area contributed by atoms with Crippen LogP contribution in [-0.2, 0) is 16.1 Å². The Hall–Kier alpha value is -3.02. The topological polar surface area (TPSA) is 76.7 Å². The van der Waals surface area contributed by atoms with E-state index in [2.05, 4.69) is 24.5 Å². The van der Waals surface area contributed by atoms with Crippen molar-refractivity contribution in [3.63, 3.8) is 0 Å². The monoisotopic (exact) mass is 354 g/mol. The van der Waals surface area contributed by atoms with Crippen LogP contribution in [0.2, 0.25) is 0 Å². The van der Waals surface area contributed by atoms with Gasteiger partial charge in [-0.3, -0.25) is 9.59 Å². The predicted octanol–water partition coefficient (Wildman–Crippen LogP) is 3.18. The first-order valence-corrected chi connectivity index (χ1v) is 8.57. The number of rotatable bonds is 6. The largest absolute Gasteiger partial charge is 0.454 e. The maximum atomic E-state index is 12.2. The van der Waals surface area contributed by atoms with Crippen molar-refractivity contribution in [3.05, 3.63) is 53.6 Å². The van der Waals surface area contributed by atoms with Gasteiger partial charge in [-0.15, -0.1) is 0 Å². The molecular formula is C20H22N2O4. The number of fused-ring (bicyclic) bond motifs is 1. The summed E-state index contributed by atoms with van der Waals surface area (Å²) in [4.78, 5) is 24.2. The van der Waals surface area contributed by atoms with E-state index in [4.69, 9.17) is 9.47 Å². The molecule has 3 rings (SSSR count). The lowest BCUT2D eigenvalue weighted by atomic mass is 10.0. The number of amides is 2. The van der Waals surface area contributed by atoms with Crippen LogP contribution in [0.15, 0.2) is 42.5 Å². The summed E-state index contributed by atoms with van der Waals surface area (Å²) in [6, 6.07) is 13.1. The van der Waals surface area contributed by atoms with Gasteiger partial charge in [0.05, 0.1) is 0 Å². The molecule has 2 N–H and O–H groups in total. The van der Waals surface area contributed by atoms with Gasteiger partial charge in [0, 0.05) is 12.2 Å². The minimum absolute atomic E-state index is 0.211. The van der Waals surface area contributed by atoms with Crippen molar-refractivity contribution >= 4 is 17.5 Å². The summed E-state index contributed by atoms with van der Waals surface area (Å²) >= 11 is 0. The molecule has 2 amide bonds. The molecule has 2 aromatic carbocycles. The summed E-state index contributed by atoms with van der Waals surface area (Å²) < 4.78 is 10.6. The number of nitrogens with one attached hydrogen (secondary N) is 2. The molecule has 0 unspecified atom stereocenters. The summed E-state index contributed by atoms with van der Waals surface area (Å²) in [5, 5.41) is 5.57. The molecule has 0 saturated carbocycles. The Bertz CT molecular complexity index is 817. The predicted molar refractivity (Wildman–Crippen MR) is 98.2 cm³/mol. The highest BCUT2D eigenvalue weighted by Crippen LogP contribution is 2.32. The molecule has 2 aromatic rings. The third kappa shape index (κ3) is 4.33. The van der Waals surface area contributed by atoms with Crippen LogP contribution in [0.5, 0.6) is 11.5 Å². The normalized spacial score (nSPS) is 12.1. The van der Waals surface area contributed by atoms with Gasteiger partial charge in [-0.1, -0.05) is 38.1 Å². The average Bonchev–Trinajstić information content (AvgIpc) is 3.08. The molecule has 0 spiro atoms. The van der Waals surface area contributed by atoms with Crippen LogP contribution in [0, 0.1) is 0 Å². The van der Waals surface area contributed by atoms with E-state index in [-0.39, 0.29) is 30.9 Å². The Morgan fingerprint density at radius 1 is 1.04 bits per heavy atom. The second kappa shape index (κ2) is 7.91. The number of anilines is 1. The van der Waals surface area contributed by atoms with E-state index < -0.39 is 0 Å². The number of hydrogen-bond donors (Lipinski definition) is 2. The van der Waals surface area contributed by atoms with Crippen LogP contribution in [0.25, 0.3) is 0 Å². The molecule has 0 fully saturated rings. The van der Waals surface area contributed by atoms with Gasteiger partial charge in [-0.2, -0.15) is 0 Å². The molecule has 0 atom stereocenters. The maximum Gasteiger partial charge on any atom is 0.233 e. The molecule has 136 valence electrons. The second-order valence-electron chi connectivity index (χ2n) is 6.43. The van der Waals surface area contributed by atoms with Gasteiger partial charge in [0.1, 0.15) is 6.42 Å². The number of ether oxygens (including phenoxy) is 2.